The standard InChI is InChI=1S/C22H18N2O2S/c1-26-14-15-10-12-16(13-11-15)21(25)23-18-7-3-2-6-17(18)22-24-19-8-4-5-9-20(19)27-22/h2-13H,14H2,1H3,(H,23,25). The predicted molar refractivity (Wildman–Crippen MR) is 110 cm³/mol. The number of nitrogens with one attached hydrogen (secondary N) is 1. The van der Waals surface area contributed by atoms with Crippen molar-refractivity contribution in [3.63, 3.8) is 0 Å². The molecule has 3 aromatic carbocycles. The molecule has 0 spiro atoms. The lowest BCUT2D eigenvalue weighted by Gasteiger charge is -2.10. The molecule has 1 heterocycles. The fourth-order valence-corrected chi connectivity index (χ4v) is 3.88. The molecule has 0 aliphatic rings. The first-order chi connectivity index (χ1) is 13.2. The number of methoxy groups -OCH3 is 1. The van der Waals surface area contributed by atoms with Crippen LogP contribution in [0.5, 0.6) is 0 Å². The minimum Gasteiger partial charge on any atom is -0.380 e. The van der Waals surface area contributed by atoms with Gasteiger partial charge in [0.2, 0.25) is 0 Å². The zero-order valence-corrected chi connectivity index (χ0v) is 15.6. The molecule has 1 aromatic heterocycles. The van der Waals surface area contributed by atoms with Crippen LogP contribution in [0.2, 0.25) is 0 Å². The highest BCUT2D eigenvalue weighted by atomic mass is 32.1. The number of fused-ring (bicyclic) bond motifs is 1. The van der Waals surface area contributed by atoms with E-state index in [9.17, 15) is 4.79 Å². The largest absolute Gasteiger partial charge is 0.380 e. The second kappa shape index (κ2) is 7.70. The lowest BCUT2D eigenvalue weighted by molar-refractivity contribution is 0.102. The smallest absolute Gasteiger partial charge is 0.255 e. The Morgan fingerprint density at radius 1 is 1.00 bits per heavy atom. The third-order valence-corrected chi connectivity index (χ3v) is 5.30. The molecule has 0 fully saturated rings. The topological polar surface area (TPSA) is 51.2 Å². The summed E-state index contributed by atoms with van der Waals surface area (Å²) in [7, 11) is 1.65. The van der Waals surface area contributed by atoms with Crippen LogP contribution in [0.3, 0.4) is 0 Å². The van der Waals surface area contributed by atoms with Gasteiger partial charge in [0.1, 0.15) is 5.01 Å². The van der Waals surface area contributed by atoms with Crippen molar-refractivity contribution in [3.05, 3.63) is 83.9 Å². The van der Waals surface area contributed by atoms with Gasteiger partial charge in [-0.15, -0.1) is 11.3 Å². The minimum atomic E-state index is -0.146. The molecule has 0 aliphatic carbocycles. The Morgan fingerprint density at radius 3 is 2.52 bits per heavy atom. The molecule has 1 amide bonds. The van der Waals surface area contributed by atoms with Gasteiger partial charge in [-0.25, -0.2) is 4.98 Å². The van der Waals surface area contributed by atoms with Crippen molar-refractivity contribution in [3.8, 4) is 10.6 Å². The normalized spacial score (nSPS) is 10.9. The van der Waals surface area contributed by atoms with Gasteiger partial charge < -0.3 is 10.1 Å². The molecule has 0 bridgehead atoms. The van der Waals surface area contributed by atoms with Crippen LogP contribution < -0.4 is 5.32 Å². The molecule has 134 valence electrons. The summed E-state index contributed by atoms with van der Waals surface area (Å²) >= 11 is 1.62. The second-order valence-electron chi connectivity index (χ2n) is 6.12. The van der Waals surface area contributed by atoms with Gasteiger partial charge in [-0.05, 0) is 42.0 Å². The summed E-state index contributed by atoms with van der Waals surface area (Å²) in [5, 5.41) is 3.91. The van der Waals surface area contributed by atoms with Gasteiger partial charge in [0.25, 0.3) is 5.91 Å². The quantitative estimate of drug-likeness (QED) is 0.511. The van der Waals surface area contributed by atoms with Crippen molar-refractivity contribution >= 4 is 33.1 Å². The molecule has 0 atom stereocenters. The van der Waals surface area contributed by atoms with Gasteiger partial charge in [0.05, 0.1) is 22.5 Å². The van der Waals surface area contributed by atoms with E-state index in [1.54, 1.807) is 18.4 Å². The monoisotopic (exact) mass is 374 g/mol. The van der Waals surface area contributed by atoms with Crippen LogP contribution >= 0.6 is 11.3 Å². The number of hydrogen-bond acceptors (Lipinski definition) is 4. The molecule has 4 rings (SSSR count). The van der Waals surface area contributed by atoms with Crippen LogP contribution in [0.4, 0.5) is 5.69 Å². The minimum absolute atomic E-state index is 0.146. The number of ether oxygens (including phenoxy) is 1. The molecule has 1 N–H and O–H groups in total. The first-order valence-electron chi connectivity index (χ1n) is 8.59. The second-order valence-corrected chi connectivity index (χ2v) is 7.15. The summed E-state index contributed by atoms with van der Waals surface area (Å²) in [5.41, 5.74) is 4.27. The van der Waals surface area contributed by atoms with Crippen molar-refractivity contribution in [1.82, 2.24) is 4.98 Å². The molecular weight excluding hydrogens is 356 g/mol. The molecule has 5 heteroatoms. The highest BCUT2D eigenvalue weighted by molar-refractivity contribution is 7.21. The highest BCUT2D eigenvalue weighted by Crippen LogP contribution is 2.34. The molecule has 27 heavy (non-hydrogen) atoms. The maximum absolute atomic E-state index is 12.7. The molecule has 0 aliphatic heterocycles. The van der Waals surface area contributed by atoms with E-state index in [-0.39, 0.29) is 5.91 Å². The maximum Gasteiger partial charge on any atom is 0.255 e. The van der Waals surface area contributed by atoms with Crippen LogP contribution in [-0.4, -0.2) is 18.0 Å². The van der Waals surface area contributed by atoms with Crippen LogP contribution in [0, 0.1) is 0 Å². The lowest BCUT2D eigenvalue weighted by atomic mass is 10.1. The van der Waals surface area contributed by atoms with E-state index in [0.29, 0.717) is 12.2 Å². The van der Waals surface area contributed by atoms with Crippen LogP contribution in [0.15, 0.2) is 72.8 Å². The van der Waals surface area contributed by atoms with Gasteiger partial charge in [0.15, 0.2) is 0 Å². The molecule has 4 aromatic rings. The Bertz CT molecular complexity index is 1050. The zero-order valence-electron chi connectivity index (χ0n) is 14.8. The van der Waals surface area contributed by atoms with E-state index in [1.807, 2.05) is 66.7 Å². The van der Waals surface area contributed by atoms with E-state index >= 15 is 0 Å². The van der Waals surface area contributed by atoms with Crippen molar-refractivity contribution in [1.29, 1.82) is 0 Å². The third kappa shape index (κ3) is 3.74. The summed E-state index contributed by atoms with van der Waals surface area (Å²) in [6.45, 7) is 0.530. The lowest BCUT2D eigenvalue weighted by Crippen LogP contribution is -2.12. The van der Waals surface area contributed by atoms with Gasteiger partial charge in [0, 0.05) is 18.2 Å². The average Bonchev–Trinajstić information content (AvgIpc) is 3.13. The fraction of sp³-hybridized carbons (Fsp3) is 0.0909. The van der Waals surface area contributed by atoms with E-state index in [0.717, 1.165) is 32.0 Å². The first kappa shape index (κ1) is 17.4. The number of aromatic nitrogens is 1. The molecule has 0 saturated carbocycles. The number of carbonyl (C=O) groups is 1. The fourth-order valence-electron chi connectivity index (χ4n) is 2.88. The van der Waals surface area contributed by atoms with E-state index in [4.69, 9.17) is 9.72 Å². The number of nitrogens with zero attached hydrogens (tertiary/aromatic N) is 1. The number of benzene rings is 3. The number of amides is 1. The number of anilines is 1. The number of thiazole rings is 1. The van der Waals surface area contributed by atoms with Crippen molar-refractivity contribution in [2.45, 2.75) is 6.61 Å². The summed E-state index contributed by atoms with van der Waals surface area (Å²) < 4.78 is 6.23. The molecule has 0 radical (unpaired) electrons. The molecule has 0 unspecified atom stereocenters. The Labute approximate surface area is 161 Å². The summed E-state index contributed by atoms with van der Waals surface area (Å²) in [6, 6.07) is 23.2. The number of carbonyl (C=O) groups excluding carboxylic acids is 1. The van der Waals surface area contributed by atoms with Crippen LogP contribution in [-0.2, 0) is 11.3 Å². The van der Waals surface area contributed by atoms with Crippen molar-refractivity contribution in [2.24, 2.45) is 0 Å². The first-order valence-corrected chi connectivity index (χ1v) is 9.40. The Balaban J connectivity index is 1.62. The van der Waals surface area contributed by atoms with Crippen LogP contribution in [0.25, 0.3) is 20.8 Å². The predicted octanol–water partition coefficient (Wildman–Crippen LogP) is 5.36. The molecule has 0 saturated heterocycles. The summed E-state index contributed by atoms with van der Waals surface area (Å²) in [4.78, 5) is 17.4. The zero-order chi connectivity index (χ0) is 18.6. The third-order valence-electron chi connectivity index (χ3n) is 4.23. The Kier molecular flexibility index (Phi) is 4.96. The number of para-hydroxylation sites is 2. The van der Waals surface area contributed by atoms with Gasteiger partial charge in [-0.1, -0.05) is 36.4 Å². The van der Waals surface area contributed by atoms with Crippen LogP contribution in [0.1, 0.15) is 15.9 Å². The SMILES string of the molecule is COCc1ccc(C(=O)Nc2ccccc2-c2nc3ccccc3s2)cc1. The average molecular weight is 374 g/mol. The van der Waals surface area contributed by atoms with Crippen molar-refractivity contribution < 1.29 is 9.53 Å². The Hall–Kier alpha value is -3.02. The summed E-state index contributed by atoms with van der Waals surface area (Å²) in [5.74, 6) is -0.146. The number of hydrogen-bond donors (Lipinski definition) is 1. The van der Waals surface area contributed by atoms with Gasteiger partial charge >= 0.3 is 0 Å². The highest BCUT2D eigenvalue weighted by Gasteiger charge is 2.13. The summed E-state index contributed by atoms with van der Waals surface area (Å²) in [6.07, 6.45) is 0. The van der Waals surface area contributed by atoms with Gasteiger partial charge in [-0.2, -0.15) is 0 Å². The van der Waals surface area contributed by atoms with Gasteiger partial charge in [-0.3, -0.25) is 4.79 Å². The molecule has 4 nitrogen and oxygen atoms in total. The maximum atomic E-state index is 12.7. The number of rotatable bonds is 5. The van der Waals surface area contributed by atoms with E-state index < -0.39 is 0 Å². The van der Waals surface area contributed by atoms with Crippen molar-refractivity contribution in [2.75, 3.05) is 12.4 Å². The van der Waals surface area contributed by atoms with E-state index in [1.165, 1.54) is 0 Å². The van der Waals surface area contributed by atoms with E-state index in [2.05, 4.69) is 11.4 Å². The Morgan fingerprint density at radius 2 is 1.74 bits per heavy atom. The molecular formula is C22H18N2O2S.